The number of carbonyl (C=O) groups is 1. The third-order valence-corrected chi connectivity index (χ3v) is 2.12. The van der Waals surface area contributed by atoms with E-state index >= 15 is 0 Å². The predicted octanol–water partition coefficient (Wildman–Crippen LogP) is 0.735. The summed E-state index contributed by atoms with van der Waals surface area (Å²) in [6.45, 7) is 4.71. The summed E-state index contributed by atoms with van der Waals surface area (Å²) in [5.74, 6) is 0.111. The van der Waals surface area contributed by atoms with Crippen molar-refractivity contribution in [3.05, 3.63) is 0 Å². The highest BCUT2D eigenvalue weighted by atomic mass is 16.2. The molecule has 70 valence electrons. The molecule has 1 saturated carbocycles. The van der Waals surface area contributed by atoms with Gasteiger partial charge in [0.2, 0.25) is 5.91 Å². The Morgan fingerprint density at radius 3 is 2.58 bits per heavy atom. The minimum Gasteiger partial charge on any atom is -0.338 e. The zero-order valence-electron chi connectivity index (χ0n) is 7.92. The standard InChI is InChI=1S/C9H18N2O/c1-3-6-11(8-4-5-8)9(12)7(2)10/h7-8H,3-6,10H2,1-2H3. The first-order valence-electron chi connectivity index (χ1n) is 4.73. The van der Waals surface area contributed by atoms with Crippen LogP contribution in [0.1, 0.15) is 33.1 Å². The lowest BCUT2D eigenvalue weighted by Crippen LogP contribution is -2.43. The minimum absolute atomic E-state index is 0.111. The average Bonchev–Trinajstić information content (AvgIpc) is 2.81. The number of hydrogen-bond acceptors (Lipinski definition) is 2. The zero-order chi connectivity index (χ0) is 9.14. The number of hydrogen-bond donors (Lipinski definition) is 1. The van der Waals surface area contributed by atoms with E-state index in [1.54, 1.807) is 6.92 Å². The molecule has 2 N–H and O–H groups in total. The summed E-state index contributed by atoms with van der Waals surface area (Å²) in [5.41, 5.74) is 5.54. The summed E-state index contributed by atoms with van der Waals surface area (Å²) < 4.78 is 0. The van der Waals surface area contributed by atoms with Crippen LogP contribution in [0.25, 0.3) is 0 Å². The Labute approximate surface area is 73.9 Å². The molecule has 1 unspecified atom stereocenters. The van der Waals surface area contributed by atoms with Gasteiger partial charge in [0.05, 0.1) is 6.04 Å². The quantitative estimate of drug-likeness (QED) is 0.676. The first-order valence-corrected chi connectivity index (χ1v) is 4.73. The molecular formula is C9H18N2O. The van der Waals surface area contributed by atoms with Gasteiger partial charge in [0.25, 0.3) is 0 Å². The van der Waals surface area contributed by atoms with Crippen LogP contribution in [0, 0.1) is 0 Å². The van der Waals surface area contributed by atoms with Crippen molar-refractivity contribution in [2.45, 2.75) is 45.2 Å². The summed E-state index contributed by atoms with van der Waals surface area (Å²) in [7, 11) is 0. The molecule has 3 nitrogen and oxygen atoms in total. The van der Waals surface area contributed by atoms with Gasteiger partial charge in [-0.15, -0.1) is 0 Å². The fourth-order valence-corrected chi connectivity index (χ4v) is 1.36. The van der Waals surface area contributed by atoms with Crippen molar-refractivity contribution in [1.29, 1.82) is 0 Å². The maximum absolute atomic E-state index is 11.5. The first-order chi connectivity index (χ1) is 5.66. The van der Waals surface area contributed by atoms with E-state index in [9.17, 15) is 4.79 Å². The summed E-state index contributed by atoms with van der Waals surface area (Å²) in [4.78, 5) is 13.5. The van der Waals surface area contributed by atoms with E-state index in [0.29, 0.717) is 6.04 Å². The van der Waals surface area contributed by atoms with Crippen molar-refractivity contribution in [3.8, 4) is 0 Å². The molecule has 0 aromatic rings. The average molecular weight is 170 g/mol. The van der Waals surface area contributed by atoms with Crippen LogP contribution in [0.3, 0.4) is 0 Å². The van der Waals surface area contributed by atoms with Crippen molar-refractivity contribution in [2.24, 2.45) is 5.73 Å². The number of carbonyl (C=O) groups excluding carboxylic acids is 1. The Bertz CT molecular complexity index is 164. The second-order valence-electron chi connectivity index (χ2n) is 3.55. The van der Waals surface area contributed by atoms with Gasteiger partial charge in [-0.2, -0.15) is 0 Å². The molecule has 0 spiro atoms. The molecule has 0 aromatic carbocycles. The lowest BCUT2D eigenvalue weighted by atomic mass is 10.3. The van der Waals surface area contributed by atoms with Crippen LogP contribution >= 0.6 is 0 Å². The molecule has 12 heavy (non-hydrogen) atoms. The molecule has 1 fully saturated rings. The second kappa shape index (κ2) is 3.90. The van der Waals surface area contributed by atoms with Crippen LogP contribution in [-0.2, 0) is 4.79 Å². The molecule has 0 bridgehead atoms. The van der Waals surface area contributed by atoms with E-state index in [2.05, 4.69) is 6.92 Å². The molecule has 1 aliphatic carbocycles. The van der Waals surface area contributed by atoms with Crippen LogP contribution in [0.5, 0.6) is 0 Å². The van der Waals surface area contributed by atoms with E-state index < -0.39 is 0 Å². The number of rotatable bonds is 4. The molecule has 0 heterocycles. The fraction of sp³-hybridized carbons (Fsp3) is 0.889. The highest BCUT2D eigenvalue weighted by molar-refractivity contribution is 5.81. The van der Waals surface area contributed by atoms with Gasteiger partial charge in [-0.1, -0.05) is 6.92 Å². The molecule has 3 heteroatoms. The van der Waals surface area contributed by atoms with Crippen molar-refractivity contribution >= 4 is 5.91 Å². The van der Waals surface area contributed by atoms with Gasteiger partial charge in [0, 0.05) is 12.6 Å². The van der Waals surface area contributed by atoms with E-state index in [4.69, 9.17) is 5.73 Å². The third kappa shape index (κ3) is 2.21. The molecule has 0 radical (unpaired) electrons. The maximum Gasteiger partial charge on any atom is 0.239 e. The smallest absolute Gasteiger partial charge is 0.239 e. The first kappa shape index (κ1) is 9.52. The molecule has 0 aliphatic heterocycles. The molecule has 1 aliphatic rings. The molecule has 1 rings (SSSR count). The van der Waals surface area contributed by atoms with Gasteiger partial charge in [0.15, 0.2) is 0 Å². The maximum atomic E-state index is 11.5. The van der Waals surface area contributed by atoms with Gasteiger partial charge in [-0.25, -0.2) is 0 Å². The van der Waals surface area contributed by atoms with Crippen molar-refractivity contribution < 1.29 is 4.79 Å². The minimum atomic E-state index is -0.336. The van der Waals surface area contributed by atoms with E-state index in [1.807, 2.05) is 4.90 Å². The summed E-state index contributed by atoms with van der Waals surface area (Å²) in [6.07, 6.45) is 3.35. The Morgan fingerprint density at radius 2 is 2.25 bits per heavy atom. The number of nitrogens with zero attached hydrogens (tertiary/aromatic N) is 1. The summed E-state index contributed by atoms with van der Waals surface area (Å²) in [5, 5.41) is 0. The Kier molecular flexibility index (Phi) is 3.09. The van der Waals surface area contributed by atoms with E-state index in [0.717, 1.165) is 13.0 Å². The van der Waals surface area contributed by atoms with Crippen LogP contribution < -0.4 is 5.73 Å². The molecule has 1 atom stereocenters. The van der Waals surface area contributed by atoms with E-state index in [-0.39, 0.29) is 11.9 Å². The number of nitrogens with two attached hydrogens (primary N) is 1. The highest BCUT2D eigenvalue weighted by Crippen LogP contribution is 2.27. The zero-order valence-corrected chi connectivity index (χ0v) is 7.92. The van der Waals surface area contributed by atoms with Crippen LogP contribution in [-0.4, -0.2) is 29.4 Å². The van der Waals surface area contributed by atoms with Gasteiger partial charge in [0.1, 0.15) is 0 Å². The SMILES string of the molecule is CCCN(C(=O)C(C)N)C1CC1. The lowest BCUT2D eigenvalue weighted by molar-refractivity contribution is -0.132. The lowest BCUT2D eigenvalue weighted by Gasteiger charge is -2.23. The second-order valence-corrected chi connectivity index (χ2v) is 3.55. The van der Waals surface area contributed by atoms with Gasteiger partial charge >= 0.3 is 0 Å². The normalized spacial score (nSPS) is 18.9. The van der Waals surface area contributed by atoms with Crippen molar-refractivity contribution in [1.82, 2.24) is 4.90 Å². The molecule has 1 amide bonds. The Morgan fingerprint density at radius 1 is 1.67 bits per heavy atom. The van der Waals surface area contributed by atoms with Crippen LogP contribution in [0.4, 0.5) is 0 Å². The van der Waals surface area contributed by atoms with Gasteiger partial charge in [-0.3, -0.25) is 4.79 Å². The van der Waals surface area contributed by atoms with Gasteiger partial charge < -0.3 is 10.6 Å². The predicted molar refractivity (Wildman–Crippen MR) is 48.7 cm³/mol. The third-order valence-electron chi connectivity index (χ3n) is 2.12. The largest absolute Gasteiger partial charge is 0.338 e. The highest BCUT2D eigenvalue weighted by Gasteiger charge is 2.32. The summed E-state index contributed by atoms with van der Waals surface area (Å²) in [6, 6.07) is 0.167. The summed E-state index contributed by atoms with van der Waals surface area (Å²) >= 11 is 0. The Balaban J connectivity index is 2.46. The van der Waals surface area contributed by atoms with Crippen LogP contribution in [0.2, 0.25) is 0 Å². The molecular weight excluding hydrogens is 152 g/mol. The monoisotopic (exact) mass is 170 g/mol. The molecule has 0 aromatic heterocycles. The van der Waals surface area contributed by atoms with E-state index in [1.165, 1.54) is 12.8 Å². The van der Waals surface area contributed by atoms with Crippen molar-refractivity contribution in [3.63, 3.8) is 0 Å². The topological polar surface area (TPSA) is 46.3 Å². The van der Waals surface area contributed by atoms with Crippen molar-refractivity contribution in [2.75, 3.05) is 6.54 Å². The van der Waals surface area contributed by atoms with Gasteiger partial charge in [-0.05, 0) is 26.2 Å². The molecule has 0 saturated heterocycles. The number of amides is 1. The Hall–Kier alpha value is -0.570. The fourth-order valence-electron chi connectivity index (χ4n) is 1.36. The van der Waals surface area contributed by atoms with Crippen LogP contribution in [0.15, 0.2) is 0 Å².